The Kier molecular flexibility index (Phi) is 12.1. The van der Waals surface area contributed by atoms with E-state index in [0.29, 0.717) is 44.9 Å². The number of hydrogen-bond donors (Lipinski definition) is 0. The lowest BCUT2D eigenvalue weighted by Crippen LogP contribution is -2.36. The van der Waals surface area contributed by atoms with Gasteiger partial charge in [-0.1, -0.05) is 60.7 Å². The molecule has 2 aromatic heterocycles. The zero-order valence-corrected chi connectivity index (χ0v) is 32.1. The average Bonchev–Trinajstić information content (AvgIpc) is 3.71. The van der Waals surface area contributed by atoms with Gasteiger partial charge in [0.1, 0.15) is 29.5 Å². The molecule has 1 fully saturated rings. The van der Waals surface area contributed by atoms with E-state index < -0.39 is 0 Å². The predicted molar refractivity (Wildman–Crippen MR) is 217 cm³/mol. The Bertz CT molecular complexity index is 2240. The Hall–Kier alpha value is -5.58. The minimum Gasteiger partial charge on any atom is -0.493 e. The number of anilines is 1. The topological polar surface area (TPSA) is 89.2 Å². The summed E-state index contributed by atoms with van der Waals surface area (Å²) in [5, 5.41) is 8.17. The smallest absolute Gasteiger partial charge is 0.355 e. The number of morpholine rings is 1. The molecule has 0 saturated carbocycles. The molecule has 286 valence electrons. The Labute approximate surface area is 322 Å². The van der Waals surface area contributed by atoms with E-state index in [1.54, 1.807) is 0 Å². The third kappa shape index (κ3) is 8.11. The summed E-state index contributed by atoms with van der Waals surface area (Å²) >= 11 is 0. The summed E-state index contributed by atoms with van der Waals surface area (Å²) in [5.41, 5.74) is 7.08. The van der Waals surface area contributed by atoms with Gasteiger partial charge in [0, 0.05) is 60.9 Å². The van der Waals surface area contributed by atoms with Crippen molar-refractivity contribution < 1.29 is 28.5 Å². The molecule has 1 aliphatic rings. The predicted octanol–water partition coefficient (Wildman–Crippen LogP) is 8.52. The number of para-hydroxylation sites is 1. The van der Waals surface area contributed by atoms with Crippen LogP contribution in [0, 0.1) is 0 Å². The van der Waals surface area contributed by atoms with Crippen LogP contribution >= 0.6 is 0 Å². The van der Waals surface area contributed by atoms with Gasteiger partial charge in [-0.3, -0.25) is 4.68 Å². The van der Waals surface area contributed by atoms with Crippen LogP contribution in [0.1, 0.15) is 47.7 Å². The third-order valence-electron chi connectivity index (χ3n) is 10.1. The van der Waals surface area contributed by atoms with Crippen LogP contribution in [-0.4, -0.2) is 66.4 Å². The fraction of sp³-hybridized carbons (Fsp3) is 0.333. The Morgan fingerprint density at radius 2 is 1.65 bits per heavy atom. The minimum absolute atomic E-state index is 0.244. The third-order valence-corrected chi connectivity index (χ3v) is 10.1. The van der Waals surface area contributed by atoms with E-state index in [9.17, 15) is 4.79 Å². The first-order valence-corrected chi connectivity index (χ1v) is 19.2. The first-order valence-electron chi connectivity index (χ1n) is 19.2. The summed E-state index contributed by atoms with van der Waals surface area (Å²) in [6.45, 7) is 13.4. The highest BCUT2D eigenvalue weighted by atomic mass is 16.5. The Morgan fingerprint density at radius 3 is 2.44 bits per heavy atom. The molecule has 6 aromatic rings. The molecule has 0 radical (unpaired) electrons. The molecular weight excluding hydrogens is 693 g/mol. The number of esters is 1. The van der Waals surface area contributed by atoms with E-state index in [1.165, 1.54) is 0 Å². The second-order valence-electron chi connectivity index (χ2n) is 13.5. The van der Waals surface area contributed by atoms with E-state index in [2.05, 4.69) is 53.9 Å². The minimum atomic E-state index is -0.360. The molecule has 55 heavy (non-hydrogen) atoms. The zero-order valence-electron chi connectivity index (χ0n) is 32.1. The van der Waals surface area contributed by atoms with Crippen LogP contribution in [0.2, 0.25) is 0 Å². The first kappa shape index (κ1) is 37.7. The van der Waals surface area contributed by atoms with Crippen molar-refractivity contribution in [2.24, 2.45) is 7.05 Å². The lowest BCUT2D eigenvalue weighted by molar-refractivity contribution is 0.0513. The normalized spacial score (nSPS) is 13.0. The monoisotopic (exact) mass is 742 g/mol. The van der Waals surface area contributed by atoms with Gasteiger partial charge in [-0.25, -0.2) is 4.79 Å². The molecule has 0 aliphatic carbocycles. The molecule has 0 spiro atoms. The first-order chi connectivity index (χ1) is 27.0. The summed E-state index contributed by atoms with van der Waals surface area (Å²) in [6, 6.07) is 28.8. The highest BCUT2D eigenvalue weighted by Crippen LogP contribution is 2.39. The second kappa shape index (κ2) is 17.7. The number of carbonyl (C=O) groups excluding carboxylic acids is 1. The molecule has 4 aromatic carbocycles. The molecule has 0 atom stereocenters. The second-order valence-corrected chi connectivity index (χ2v) is 13.5. The molecule has 0 bridgehead atoms. The number of nitrogens with zero attached hydrogens (tertiary/aromatic N) is 4. The van der Waals surface area contributed by atoms with Gasteiger partial charge in [0.15, 0.2) is 0 Å². The van der Waals surface area contributed by atoms with Gasteiger partial charge in [-0.2, -0.15) is 5.10 Å². The number of fused-ring (bicyclic) bond motifs is 2. The van der Waals surface area contributed by atoms with Crippen molar-refractivity contribution in [3.05, 3.63) is 120 Å². The van der Waals surface area contributed by atoms with Crippen molar-refractivity contribution >= 4 is 33.3 Å². The summed E-state index contributed by atoms with van der Waals surface area (Å²) < 4.78 is 33.9. The molecule has 10 nitrogen and oxygen atoms in total. The number of ether oxygens (including phenoxy) is 5. The molecule has 0 unspecified atom stereocenters. The maximum absolute atomic E-state index is 13.9. The van der Waals surface area contributed by atoms with E-state index >= 15 is 0 Å². The highest BCUT2D eigenvalue weighted by molar-refractivity contribution is 6.05. The van der Waals surface area contributed by atoms with Gasteiger partial charge >= 0.3 is 5.97 Å². The average molecular weight is 743 g/mol. The van der Waals surface area contributed by atoms with Gasteiger partial charge < -0.3 is 33.2 Å². The fourth-order valence-corrected chi connectivity index (χ4v) is 7.55. The Balaban J connectivity index is 1.25. The van der Waals surface area contributed by atoms with E-state index in [-0.39, 0.29) is 19.2 Å². The standard InChI is InChI=1S/C45H50N4O6/c1-5-24-49-43-36(37(44(49)45(50)53-7-3)18-12-27-54-41-19-10-14-32-13-8-9-15-35(32)41)16-11-17-38(43)42-39(46-47(4)40(42)31-51-6-2)30-55-34-22-20-33(21-23-34)48-25-28-52-29-26-48/h5,8-11,13-17,19-23H,1,6-7,12,18,24-31H2,2-4H3. The summed E-state index contributed by atoms with van der Waals surface area (Å²) in [6.07, 6.45) is 3.12. The zero-order chi connectivity index (χ0) is 38.1. The number of aromatic nitrogens is 3. The number of aryl methyl sites for hydroxylation is 2. The largest absolute Gasteiger partial charge is 0.493 e. The van der Waals surface area contributed by atoms with Crippen LogP contribution in [0.3, 0.4) is 0 Å². The molecule has 10 heteroatoms. The van der Waals surface area contributed by atoms with Crippen molar-refractivity contribution in [2.45, 2.75) is 46.4 Å². The van der Waals surface area contributed by atoms with Crippen LogP contribution in [-0.2, 0) is 47.4 Å². The molecule has 0 amide bonds. The SMILES string of the molecule is C=CCn1c(C(=O)OCC)c(CCCOc2cccc3ccccc23)c2cccc(-c3c(COc4ccc(N5CCOCC5)cc4)nn(C)c3COCC)c21. The van der Waals surface area contributed by atoms with Crippen molar-refractivity contribution in [3.8, 4) is 22.6 Å². The van der Waals surface area contributed by atoms with E-state index in [4.69, 9.17) is 28.8 Å². The van der Waals surface area contributed by atoms with Crippen molar-refractivity contribution in [1.82, 2.24) is 14.3 Å². The number of carbonyl (C=O) groups is 1. The van der Waals surface area contributed by atoms with Gasteiger partial charge in [-0.05, 0) is 68.0 Å². The lowest BCUT2D eigenvalue weighted by atomic mass is 9.98. The molecule has 3 heterocycles. The van der Waals surface area contributed by atoms with Gasteiger partial charge in [0.05, 0.1) is 44.2 Å². The van der Waals surface area contributed by atoms with Gasteiger partial charge in [-0.15, -0.1) is 6.58 Å². The molecule has 7 rings (SSSR count). The van der Waals surface area contributed by atoms with Crippen molar-refractivity contribution in [3.63, 3.8) is 0 Å². The van der Waals surface area contributed by atoms with Crippen molar-refractivity contribution in [1.29, 1.82) is 0 Å². The lowest BCUT2D eigenvalue weighted by Gasteiger charge is -2.28. The van der Waals surface area contributed by atoms with Crippen molar-refractivity contribution in [2.75, 3.05) is 51.0 Å². The van der Waals surface area contributed by atoms with E-state index in [0.717, 1.165) is 93.2 Å². The summed E-state index contributed by atoms with van der Waals surface area (Å²) in [5.74, 6) is 1.24. The Morgan fingerprint density at radius 1 is 0.891 bits per heavy atom. The number of rotatable bonds is 17. The molecule has 1 saturated heterocycles. The number of hydrogen-bond acceptors (Lipinski definition) is 8. The van der Waals surface area contributed by atoms with E-state index in [1.807, 2.05) is 78.7 Å². The van der Waals surface area contributed by atoms with Crippen LogP contribution < -0.4 is 14.4 Å². The molecule has 1 aliphatic heterocycles. The highest BCUT2D eigenvalue weighted by Gasteiger charge is 2.28. The summed E-state index contributed by atoms with van der Waals surface area (Å²) in [7, 11) is 1.94. The van der Waals surface area contributed by atoms with Gasteiger partial charge in [0.25, 0.3) is 0 Å². The number of benzene rings is 4. The maximum atomic E-state index is 13.9. The van der Waals surface area contributed by atoms with Crippen LogP contribution in [0.5, 0.6) is 11.5 Å². The summed E-state index contributed by atoms with van der Waals surface area (Å²) in [4.78, 5) is 16.2. The van der Waals surface area contributed by atoms with Crippen LogP contribution in [0.4, 0.5) is 5.69 Å². The van der Waals surface area contributed by atoms with Crippen LogP contribution in [0.25, 0.3) is 32.8 Å². The molecular formula is C45H50N4O6. The number of allylic oxidation sites excluding steroid dienone is 1. The fourth-order valence-electron chi connectivity index (χ4n) is 7.55. The molecule has 0 N–H and O–H groups in total. The van der Waals surface area contributed by atoms with Gasteiger partial charge in [0.2, 0.25) is 0 Å². The quantitative estimate of drug-likeness (QED) is 0.0522. The van der Waals surface area contributed by atoms with Crippen LogP contribution in [0.15, 0.2) is 97.6 Å². The maximum Gasteiger partial charge on any atom is 0.355 e.